The maximum absolute atomic E-state index is 12.5. The lowest BCUT2D eigenvalue weighted by Crippen LogP contribution is -2.14. The van der Waals surface area contributed by atoms with Crippen LogP contribution in [0.2, 0.25) is 0 Å². The number of benzene rings is 2. The van der Waals surface area contributed by atoms with Crippen LogP contribution in [0.3, 0.4) is 0 Å². The predicted octanol–water partition coefficient (Wildman–Crippen LogP) is 4.80. The Labute approximate surface area is 157 Å². The van der Waals surface area contributed by atoms with Crippen LogP contribution in [0.5, 0.6) is 0 Å². The summed E-state index contributed by atoms with van der Waals surface area (Å²) in [5.41, 5.74) is 5.83. The summed E-state index contributed by atoms with van der Waals surface area (Å²) in [4.78, 5) is 19.8. The van der Waals surface area contributed by atoms with Gasteiger partial charge in [-0.15, -0.1) is 0 Å². The number of para-hydroxylation sites is 1. The Bertz CT molecular complexity index is 1070. The number of hydrogen-bond acceptors (Lipinski definition) is 3. The highest BCUT2D eigenvalue weighted by Crippen LogP contribution is 2.23. The number of carbonyl (C=O) groups excluding carboxylic acids is 1. The molecule has 2 aromatic carbocycles. The van der Waals surface area contributed by atoms with E-state index in [9.17, 15) is 4.79 Å². The summed E-state index contributed by atoms with van der Waals surface area (Å²) in [5.74, 6) is -0.0299. The predicted molar refractivity (Wildman–Crippen MR) is 109 cm³/mol. The zero-order valence-electron chi connectivity index (χ0n) is 15.0. The molecule has 0 saturated heterocycles. The number of carbonyl (C=O) groups is 1. The van der Waals surface area contributed by atoms with E-state index >= 15 is 0 Å². The molecule has 4 rings (SSSR count). The number of aromatic nitrogens is 2. The smallest absolute Gasteiger partial charge is 0.228 e. The second kappa shape index (κ2) is 7.33. The van der Waals surface area contributed by atoms with Crippen molar-refractivity contribution >= 4 is 33.9 Å². The van der Waals surface area contributed by atoms with Crippen LogP contribution in [0.15, 0.2) is 73.1 Å². The second-order valence-corrected chi connectivity index (χ2v) is 6.44. The third-order valence-corrected chi connectivity index (χ3v) is 4.50. The summed E-state index contributed by atoms with van der Waals surface area (Å²) in [6.07, 6.45) is 3.82. The molecule has 5 heteroatoms. The minimum atomic E-state index is -0.0299. The molecule has 0 aliphatic rings. The Morgan fingerprint density at radius 1 is 0.926 bits per heavy atom. The third-order valence-electron chi connectivity index (χ3n) is 4.50. The third kappa shape index (κ3) is 3.82. The van der Waals surface area contributed by atoms with Crippen molar-refractivity contribution in [2.75, 3.05) is 10.6 Å². The Kier molecular flexibility index (Phi) is 4.58. The fraction of sp³-hybridized carbons (Fsp3) is 0.0909. The summed E-state index contributed by atoms with van der Waals surface area (Å²) in [5, 5.41) is 7.36. The van der Waals surface area contributed by atoms with Crippen molar-refractivity contribution < 1.29 is 4.79 Å². The van der Waals surface area contributed by atoms with Gasteiger partial charge in [0.2, 0.25) is 5.91 Å². The van der Waals surface area contributed by atoms with E-state index in [-0.39, 0.29) is 5.91 Å². The summed E-state index contributed by atoms with van der Waals surface area (Å²) in [6, 6.07) is 19.5. The lowest BCUT2D eigenvalue weighted by Gasteiger charge is -2.09. The van der Waals surface area contributed by atoms with Crippen LogP contribution in [0.25, 0.3) is 10.9 Å². The van der Waals surface area contributed by atoms with Crippen LogP contribution in [-0.4, -0.2) is 15.9 Å². The van der Waals surface area contributed by atoms with Crippen LogP contribution in [0.4, 0.5) is 17.1 Å². The lowest BCUT2D eigenvalue weighted by atomic mass is 10.1. The van der Waals surface area contributed by atoms with Crippen LogP contribution >= 0.6 is 0 Å². The van der Waals surface area contributed by atoms with E-state index in [2.05, 4.69) is 20.6 Å². The first-order chi connectivity index (χ1) is 13.2. The number of hydrogen-bond donors (Lipinski definition) is 3. The number of pyridine rings is 1. The SMILES string of the molecule is Cc1[nH]c2ccccc2c1CC(=O)Nc1ccc(Nc2ccncc2)cc1. The Morgan fingerprint density at radius 2 is 1.59 bits per heavy atom. The van der Waals surface area contributed by atoms with E-state index in [1.54, 1.807) is 12.4 Å². The van der Waals surface area contributed by atoms with Crippen LogP contribution in [0.1, 0.15) is 11.3 Å². The van der Waals surface area contributed by atoms with Gasteiger partial charge in [-0.1, -0.05) is 18.2 Å². The molecule has 0 aliphatic heterocycles. The topological polar surface area (TPSA) is 69.8 Å². The van der Waals surface area contributed by atoms with Crippen molar-refractivity contribution in [3.8, 4) is 0 Å². The van der Waals surface area contributed by atoms with Gasteiger partial charge in [0.25, 0.3) is 0 Å². The van der Waals surface area contributed by atoms with E-state index in [1.807, 2.05) is 67.6 Å². The van der Waals surface area contributed by atoms with Gasteiger partial charge in [-0.25, -0.2) is 0 Å². The van der Waals surface area contributed by atoms with Gasteiger partial charge >= 0.3 is 0 Å². The number of fused-ring (bicyclic) bond motifs is 1. The van der Waals surface area contributed by atoms with Gasteiger partial charge in [0.1, 0.15) is 0 Å². The molecule has 0 radical (unpaired) electrons. The highest BCUT2D eigenvalue weighted by molar-refractivity contribution is 5.96. The van der Waals surface area contributed by atoms with Crippen molar-refractivity contribution in [2.24, 2.45) is 0 Å². The van der Waals surface area contributed by atoms with Crippen LogP contribution < -0.4 is 10.6 Å². The van der Waals surface area contributed by atoms with Crippen LogP contribution in [0, 0.1) is 6.92 Å². The normalized spacial score (nSPS) is 10.7. The number of aryl methyl sites for hydroxylation is 1. The molecular weight excluding hydrogens is 336 g/mol. The van der Waals surface area contributed by atoms with E-state index in [1.165, 1.54) is 0 Å². The number of nitrogens with one attached hydrogen (secondary N) is 3. The first kappa shape index (κ1) is 16.8. The number of anilines is 3. The molecule has 0 atom stereocenters. The van der Waals surface area contributed by atoms with Gasteiger partial charge in [0.15, 0.2) is 0 Å². The van der Waals surface area contributed by atoms with E-state index in [0.29, 0.717) is 6.42 Å². The number of rotatable bonds is 5. The van der Waals surface area contributed by atoms with Crippen molar-refractivity contribution in [1.29, 1.82) is 0 Å². The van der Waals surface area contributed by atoms with Gasteiger partial charge < -0.3 is 15.6 Å². The minimum Gasteiger partial charge on any atom is -0.358 e. The molecule has 134 valence electrons. The van der Waals surface area contributed by atoms with Gasteiger partial charge in [-0.3, -0.25) is 9.78 Å². The molecule has 4 aromatic rings. The number of aromatic amines is 1. The maximum atomic E-state index is 12.5. The fourth-order valence-corrected chi connectivity index (χ4v) is 3.17. The molecule has 2 aromatic heterocycles. The number of H-pyrrole nitrogens is 1. The molecular formula is C22H20N4O. The Balaban J connectivity index is 1.43. The summed E-state index contributed by atoms with van der Waals surface area (Å²) in [6.45, 7) is 2.00. The number of amides is 1. The summed E-state index contributed by atoms with van der Waals surface area (Å²) in [7, 11) is 0. The monoisotopic (exact) mass is 356 g/mol. The largest absolute Gasteiger partial charge is 0.358 e. The van der Waals surface area contributed by atoms with Gasteiger partial charge in [-0.2, -0.15) is 0 Å². The Morgan fingerprint density at radius 3 is 2.37 bits per heavy atom. The zero-order chi connectivity index (χ0) is 18.6. The van der Waals surface area contributed by atoms with Gasteiger partial charge in [-0.05, 0) is 55.0 Å². The van der Waals surface area contributed by atoms with Crippen molar-refractivity contribution in [1.82, 2.24) is 9.97 Å². The van der Waals surface area contributed by atoms with Crippen molar-refractivity contribution in [2.45, 2.75) is 13.3 Å². The second-order valence-electron chi connectivity index (χ2n) is 6.44. The average molecular weight is 356 g/mol. The van der Waals surface area contributed by atoms with E-state index in [4.69, 9.17) is 0 Å². The number of nitrogens with zero attached hydrogens (tertiary/aromatic N) is 1. The molecule has 0 fully saturated rings. The first-order valence-corrected chi connectivity index (χ1v) is 8.82. The molecule has 0 spiro atoms. The highest BCUT2D eigenvalue weighted by atomic mass is 16.1. The lowest BCUT2D eigenvalue weighted by molar-refractivity contribution is -0.115. The maximum Gasteiger partial charge on any atom is 0.228 e. The standard InChI is InChI=1S/C22H20N4O/c1-15-20(19-4-2-3-5-21(19)24-15)14-22(27)26-17-8-6-16(7-9-17)25-18-10-12-23-13-11-18/h2-13,24H,14H2,1H3,(H,23,25)(H,26,27). The first-order valence-electron chi connectivity index (χ1n) is 8.82. The molecule has 0 saturated carbocycles. The van der Waals surface area contributed by atoms with Gasteiger partial charge in [0.05, 0.1) is 6.42 Å². The average Bonchev–Trinajstić information content (AvgIpc) is 2.99. The molecule has 1 amide bonds. The molecule has 27 heavy (non-hydrogen) atoms. The molecule has 0 unspecified atom stereocenters. The summed E-state index contributed by atoms with van der Waals surface area (Å²) >= 11 is 0. The molecule has 5 nitrogen and oxygen atoms in total. The summed E-state index contributed by atoms with van der Waals surface area (Å²) < 4.78 is 0. The quantitative estimate of drug-likeness (QED) is 0.481. The van der Waals surface area contributed by atoms with Crippen molar-refractivity contribution in [3.05, 3.63) is 84.3 Å². The fourth-order valence-electron chi connectivity index (χ4n) is 3.17. The zero-order valence-corrected chi connectivity index (χ0v) is 15.0. The molecule has 2 heterocycles. The molecule has 0 bridgehead atoms. The minimum absolute atomic E-state index is 0.0299. The Hall–Kier alpha value is -3.60. The molecule has 0 aliphatic carbocycles. The van der Waals surface area contributed by atoms with Crippen molar-refractivity contribution in [3.63, 3.8) is 0 Å². The van der Waals surface area contributed by atoms with Gasteiger partial charge in [0, 0.05) is 46.1 Å². The molecule has 3 N–H and O–H groups in total. The highest BCUT2D eigenvalue weighted by Gasteiger charge is 2.12. The van der Waals surface area contributed by atoms with E-state index in [0.717, 1.165) is 39.2 Å². The van der Waals surface area contributed by atoms with Crippen LogP contribution in [-0.2, 0) is 11.2 Å². The van der Waals surface area contributed by atoms with E-state index < -0.39 is 0 Å².